The average molecular weight is 445 g/mol. The Morgan fingerprint density at radius 1 is 1.06 bits per heavy atom. The van der Waals surface area contributed by atoms with Crippen molar-refractivity contribution in [3.63, 3.8) is 0 Å². The van der Waals surface area contributed by atoms with Crippen molar-refractivity contribution in [2.75, 3.05) is 11.9 Å². The van der Waals surface area contributed by atoms with Crippen LogP contribution in [0.3, 0.4) is 0 Å². The van der Waals surface area contributed by atoms with Crippen molar-refractivity contribution < 1.29 is 0 Å². The van der Waals surface area contributed by atoms with Crippen LogP contribution in [-0.4, -0.2) is 35.6 Å². The van der Waals surface area contributed by atoms with E-state index in [2.05, 4.69) is 35.1 Å². The van der Waals surface area contributed by atoms with Crippen LogP contribution in [0, 0.1) is 0 Å². The van der Waals surface area contributed by atoms with Crippen LogP contribution in [0.15, 0.2) is 60.2 Å². The molecule has 33 heavy (non-hydrogen) atoms. The van der Waals surface area contributed by atoms with Crippen LogP contribution in [0.5, 0.6) is 0 Å². The van der Waals surface area contributed by atoms with E-state index in [0.717, 1.165) is 62.7 Å². The summed E-state index contributed by atoms with van der Waals surface area (Å²) in [5.41, 5.74) is 1.79. The summed E-state index contributed by atoms with van der Waals surface area (Å²) in [6, 6.07) is 7.58. The molecular formula is C24H28N8O. The van der Waals surface area contributed by atoms with Crippen LogP contribution in [0.1, 0.15) is 43.7 Å². The minimum atomic E-state index is -0.000876. The van der Waals surface area contributed by atoms with E-state index in [1.807, 2.05) is 35.4 Å². The van der Waals surface area contributed by atoms with Crippen molar-refractivity contribution in [1.29, 1.82) is 0 Å². The number of hydrogen-bond donors (Lipinski definition) is 2. The second-order valence-corrected chi connectivity index (χ2v) is 8.46. The molecule has 9 nitrogen and oxygen atoms in total. The Morgan fingerprint density at radius 3 is 2.76 bits per heavy atom. The summed E-state index contributed by atoms with van der Waals surface area (Å²) in [7, 11) is 0. The molecule has 0 saturated heterocycles. The number of pyridine rings is 2. The van der Waals surface area contributed by atoms with Gasteiger partial charge in [-0.25, -0.2) is 15.0 Å². The number of aromatic nitrogens is 6. The highest BCUT2D eigenvalue weighted by atomic mass is 16.1. The van der Waals surface area contributed by atoms with Gasteiger partial charge in [0, 0.05) is 55.4 Å². The maximum atomic E-state index is 12.6. The molecule has 2 N–H and O–H groups in total. The summed E-state index contributed by atoms with van der Waals surface area (Å²) in [5.74, 6) is 1.11. The summed E-state index contributed by atoms with van der Waals surface area (Å²) in [6.07, 6.45) is 14.6. The van der Waals surface area contributed by atoms with Crippen LogP contribution in [0.4, 0.5) is 11.8 Å². The Labute approximate surface area is 191 Å². The molecule has 0 amide bonds. The first-order valence-corrected chi connectivity index (χ1v) is 11.5. The lowest BCUT2D eigenvalue weighted by Crippen LogP contribution is -2.23. The van der Waals surface area contributed by atoms with Crippen molar-refractivity contribution in [3.8, 4) is 0 Å². The summed E-state index contributed by atoms with van der Waals surface area (Å²) < 4.78 is 3.91. The van der Waals surface area contributed by atoms with Crippen molar-refractivity contribution in [2.45, 2.75) is 51.2 Å². The zero-order valence-electron chi connectivity index (χ0n) is 18.5. The first-order chi connectivity index (χ1) is 16.3. The molecule has 1 fully saturated rings. The van der Waals surface area contributed by atoms with E-state index in [1.54, 1.807) is 24.5 Å². The Kier molecular flexibility index (Phi) is 6.39. The monoisotopic (exact) mass is 444 g/mol. The van der Waals surface area contributed by atoms with E-state index < -0.39 is 0 Å². The van der Waals surface area contributed by atoms with Gasteiger partial charge in [-0.15, -0.1) is 0 Å². The Morgan fingerprint density at radius 2 is 1.97 bits per heavy atom. The van der Waals surface area contributed by atoms with Gasteiger partial charge in [-0.05, 0) is 43.5 Å². The number of fused-ring (bicyclic) bond motifs is 1. The molecule has 4 aromatic heterocycles. The molecule has 0 radical (unpaired) electrons. The van der Waals surface area contributed by atoms with Crippen LogP contribution < -0.4 is 16.2 Å². The van der Waals surface area contributed by atoms with Gasteiger partial charge in [-0.2, -0.15) is 4.98 Å². The Bertz CT molecular complexity index is 1240. The van der Waals surface area contributed by atoms with Gasteiger partial charge in [0.2, 0.25) is 5.95 Å². The van der Waals surface area contributed by atoms with E-state index in [-0.39, 0.29) is 11.6 Å². The summed E-state index contributed by atoms with van der Waals surface area (Å²) in [4.78, 5) is 30.2. The highest BCUT2D eigenvalue weighted by Gasteiger charge is 2.20. The highest BCUT2D eigenvalue weighted by molar-refractivity contribution is 5.75. The standard InChI is InChI=1S/C24H28N8O/c33-22-9-7-19-16-28-24(30-23(19)32(22)20-4-1-2-5-20)29-21-8-6-18(15-27-21)14-25-10-3-12-31-13-11-26-17-31/h6-9,11,13,15-17,20,25H,1-5,10,12,14H2,(H,27,28,29,30). The minimum Gasteiger partial charge on any atom is -0.337 e. The molecule has 1 aliphatic rings. The zero-order chi connectivity index (χ0) is 22.5. The fourth-order valence-electron chi connectivity index (χ4n) is 4.37. The molecule has 1 saturated carbocycles. The SMILES string of the molecule is O=c1ccc2cnc(Nc3ccc(CNCCCn4ccnc4)cn3)nc2n1C1CCCC1. The van der Waals surface area contributed by atoms with Crippen molar-refractivity contribution >= 4 is 22.8 Å². The van der Waals surface area contributed by atoms with E-state index >= 15 is 0 Å². The highest BCUT2D eigenvalue weighted by Crippen LogP contribution is 2.30. The van der Waals surface area contributed by atoms with E-state index in [1.165, 1.54) is 0 Å². The molecule has 0 atom stereocenters. The number of aryl methyl sites for hydroxylation is 1. The summed E-state index contributed by atoms with van der Waals surface area (Å²) in [5, 5.41) is 7.49. The first-order valence-electron chi connectivity index (χ1n) is 11.5. The molecule has 170 valence electrons. The van der Waals surface area contributed by atoms with Gasteiger partial charge >= 0.3 is 0 Å². The predicted molar refractivity (Wildman–Crippen MR) is 127 cm³/mol. The Balaban J connectivity index is 1.21. The molecule has 0 aromatic carbocycles. The van der Waals surface area contributed by atoms with Crippen molar-refractivity contribution in [2.24, 2.45) is 0 Å². The minimum absolute atomic E-state index is 0.000876. The van der Waals surface area contributed by atoms with Gasteiger partial charge < -0.3 is 15.2 Å². The van der Waals surface area contributed by atoms with Crippen LogP contribution in [0.25, 0.3) is 11.0 Å². The smallest absolute Gasteiger partial charge is 0.252 e. The number of anilines is 2. The maximum absolute atomic E-state index is 12.6. The van der Waals surface area contributed by atoms with Gasteiger partial charge in [0.1, 0.15) is 11.5 Å². The van der Waals surface area contributed by atoms with E-state index in [4.69, 9.17) is 0 Å². The summed E-state index contributed by atoms with van der Waals surface area (Å²) in [6.45, 7) is 2.64. The Hall–Kier alpha value is -3.59. The molecule has 0 aliphatic heterocycles. The quantitative estimate of drug-likeness (QED) is 0.381. The molecule has 5 rings (SSSR count). The van der Waals surface area contributed by atoms with Crippen LogP contribution in [-0.2, 0) is 13.1 Å². The molecular weight excluding hydrogens is 416 g/mol. The topological polar surface area (TPSA) is 103 Å². The number of hydrogen-bond acceptors (Lipinski definition) is 7. The third kappa shape index (κ3) is 5.09. The number of nitrogens with one attached hydrogen (secondary N) is 2. The molecule has 9 heteroatoms. The zero-order valence-corrected chi connectivity index (χ0v) is 18.5. The third-order valence-corrected chi connectivity index (χ3v) is 6.08. The van der Waals surface area contributed by atoms with Crippen LogP contribution in [0.2, 0.25) is 0 Å². The number of rotatable bonds is 9. The number of imidazole rings is 1. The van der Waals surface area contributed by atoms with Gasteiger partial charge in [-0.3, -0.25) is 9.36 Å². The maximum Gasteiger partial charge on any atom is 0.252 e. The average Bonchev–Trinajstić information content (AvgIpc) is 3.54. The third-order valence-electron chi connectivity index (χ3n) is 6.08. The number of nitrogens with zero attached hydrogens (tertiary/aromatic N) is 6. The van der Waals surface area contributed by atoms with E-state index in [9.17, 15) is 4.79 Å². The van der Waals surface area contributed by atoms with Gasteiger partial charge in [0.15, 0.2) is 0 Å². The molecule has 0 unspecified atom stereocenters. The van der Waals surface area contributed by atoms with Gasteiger partial charge in [-0.1, -0.05) is 18.9 Å². The molecule has 0 spiro atoms. The van der Waals surface area contributed by atoms with Crippen molar-refractivity contribution in [3.05, 3.63) is 71.3 Å². The fourth-order valence-corrected chi connectivity index (χ4v) is 4.37. The lowest BCUT2D eigenvalue weighted by atomic mass is 10.2. The second kappa shape index (κ2) is 9.91. The fraction of sp³-hybridized carbons (Fsp3) is 0.375. The van der Waals surface area contributed by atoms with Gasteiger partial charge in [0.05, 0.1) is 6.33 Å². The molecule has 4 heterocycles. The summed E-state index contributed by atoms with van der Waals surface area (Å²) >= 11 is 0. The lowest BCUT2D eigenvalue weighted by Gasteiger charge is -2.16. The van der Waals surface area contributed by atoms with Crippen LogP contribution >= 0.6 is 0 Å². The van der Waals surface area contributed by atoms with E-state index in [0.29, 0.717) is 17.4 Å². The lowest BCUT2D eigenvalue weighted by molar-refractivity contribution is 0.516. The molecule has 1 aliphatic carbocycles. The van der Waals surface area contributed by atoms with Crippen molar-refractivity contribution in [1.82, 2.24) is 34.4 Å². The van der Waals surface area contributed by atoms with Gasteiger partial charge in [0.25, 0.3) is 5.56 Å². The molecule has 0 bridgehead atoms. The normalized spacial score (nSPS) is 14.2. The second-order valence-electron chi connectivity index (χ2n) is 8.46. The molecule has 4 aromatic rings. The first kappa shape index (κ1) is 21.3. The largest absolute Gasteiger partial charge is 0.337 e. The predicted octanol–water partition coefficient (Wildman–Crippen LogP) is 3.42.